The first-order chi connectivity index (χ1) is 8.58. The molecule has 5 nitrogen and oxygen atoms in total. The number of benzene rings is 1. The van der Waals surface area contributed by atoms with E-state index in [0.717, 1.165) is 0 Å². The number of esters is 1. The van der Waals surface area contributed by atoms with E-state index in [-0.39, 0.29) is 12.5 Å². The molecule has 1 N–H and O–H groups in total. The predicted octanol–water partition coefficient (Wildman–Crippen LogP) is 1.36. The van der Waals surface area contributed by atoms with Gasteiger partial charge in [0.25, 0.3) is 5.91 Å². The second-order valence-corrected chi connectivity index (χ2v) is 4.53. The quantitative estimate of drug-likeness (QED) is 0.658. The Labute approximate surface area is 114 Å². The summed E-state index contributed by atoms with van der Waals surface area (Å²) in [7, 11) is 2.85. The monoisotopic (exact) mass is 315 g/mol. The van der Waals surface area contributed by atoms with Gasteiger partial charge in [0, 0.05) is 12.1 Å². The highest BCUT2D eigenvalue weighted by atomic mass is 79.9. The highest BCUT2D eigenvalue weighted by Gasteiger charge is 2.16. The van der Waals surface area contributed by atoms with E-state index < -0.39 is 10.8 Å². The number of nitrogens with one attached hydrogen (secondary N) is 1. The van der Waals surface area contributed by atoms with Gasteiger partial charge in [-0.05, 0) is 24.3 Å². The Hall–Kier alpha value is -1.56. The Morgan fingerprint density at radius 1 is 1.28 bits per heavy atom. The second-order valence-electron chi connectivity index (χ2n) is 3.43. The molecule has 1 aromatic rings. The third-order valence-corrected chi connectivity index (χ3v) is 2.95. The standard InChI is InChI=1S/C12H14BrNO4/c1-17-9-5-3-8(4-6-9)11(15)14-7-10(13)12(16)18-2/h3-6,10H,7H2,1-2H3,(H,14,15). The Kier molecular flexibility index (Phi) is 5.64. The number of rotatable bonds is 5. The van der Waals surface area contributed by atoms with Crippen LogP contribution in [0.15, 0.2) is 24.3 Å². The van der Waals surface area contributed by atoms with Crippen molar-refractivity contribution in [2.75, 3.05) is 20.8 Å². The lowest BCUT2D eigenvalue weighted by Crippen LogP contribution is -2.33. The Morgan fingerprint density at radius 3 is 2.39 bits per heavy atom. The van der Waals surface area contributed by atoms with Crippen LogP contribution in [0.4, 0.5) is 0 Å². The van der Waals surface area contributed by atoms with Crippen LogP contribution in [0.3, 0.4) is 0 Å². The van der Waals surface area contributed by atoms with Gasteiger partial charge in [0.15, 0.2) is 0 Å². The molecule has 0 aliphatic heterocycles. The molecule has 1 amide bonds. The van der Waals surface area contributed by atoms with Crippen molar-refractivity contribution in [2.45, 2.75) is 4.83 Å². The van der Waals surface area contributed by atoms with E-state index in [2.05, 4.69) is 26.0 Å². The largest absolute Gasteiger partial charge is 0.497 e. The van der Waals surface area contributed by atoms with E-state index in [9.17, 15) is 9.59 Å². The van der Waals surface area contributed by atoms with Crippen LogP contribution in [0.1, 0.15) is 10.4 Å². The van der Waals surface area contributed by atoms with Gasteiger partial charge in [0.05, 0.1) is 14.2 Å². The molecule has 0 radical (unpaired) electrons. The van der Waals surface area contributed by atoms with Gasteiger partial charge in [-0.15, -0.1) is 0 Å². The number of hydrogen-bond acceptors (Lipinski definition) is 4. The van der Waals surface area contributed by atoms with E-state index in [0.29, 0.717) is 11.3 Å². The molecule has 6 heteroatoms. The third kappa shape index (κ3) is 4.03. The molecule has 18 heavy (non-hydrogen) atoms. The van der Waals surface area contributed by atoms with E-state index in [1.165, 1.54) is 7.11 Å². The van der Waals surface area contributed by atoms with Gasteiger partial charge in [-0.25, -0.2) is 0 Å². The van der Waals surface area contributed by atoms with Crippen LogP contribution in [-0.4, -0.2) is 37.5 Å². The normalized spacial score (nSPS) is 11.5. The predicted molar refractivity (Wildman–Crippen MR) is 70.1 cm³/mol. The van der Waals surface area contributed by atoms with Crippen molar-refractivity contribution in [3.63, 3.8) is 0 Å². The van der Waals surface area contributed by atoms with E-state index in [1.807, 2.05) is 0 Å². The van der Waals surface area contributed by atoms with Crippen molar-refractivity contribution >= 4 is 27.8 Å². The van der Waals surface area contributed by atoms with Crippen LogP contribution >= 0.6 is 15.9 Å². The van der Waals surface area contributed by atoms with Crippen LogP contribution < -0.4 is 10.1 Å². The number of halogens is 1. The summed E-state index contributed by atoms with van der Waals surface area (Å²) < 4.78 is 9.52. The van der Waals surface area contributed by atoms with Gasteiger partial charge in [0.2, 0.25) is 0 Å². The van der Waals surface area contributed by atoms with Crippen molar-refractivity contribution in [1.82, 2.24) is 5.32 Å². The number of alkyl halides is 1. The first-order valence-corrected chi connectivity index (χ1v) is 6.14. The second kappa shape index (κ2) is 7.00. The zero-order valence-corrected chi connectivity index (χ0v) is 11.7. The summed E-state index contributed by atoms with van der Waals surface area (Å²) in [5.41, 5.74) is 0.500. The lowest BCUT2D eigenvalue weighted by atomic mass is 10.2. The molecule has 1 unspecified atom stereocenters. The van der Waals surface area contributed by atoms with E-state index >= 15 is 0 Å². The van der Waals surface area contributed by atoms with Crippen LogP contribution in [-0.2, 0) is 9.53 Å². The molecule has 0 saturated heterocycles. The molecule has 0 aliphatic rings. The number of ether oxygens (including phenoxy) is 2. The van der Waals surface area contributed by atoms with Gasteiger partial charge in [-0.3, -0.25) is 9.59 Å². The SMILES string of the molecule is COC(=O)C(Br)CNC(=O)c1ccc(OC)cc1. The molecule has 0 saturated carbocycles. The van der Waals surface area contributed by atoms with Gasteiger partial charge in [0.1, 0.15) is 10.6 Å². The number of carbonyl (C=O) groups excluding carboxylic acids is 2. The minimum atomic E-state index is -0.551. The van der Waals surface area contributed by atoms with Gasteiger partial charge >= 0.3 is 5.97 Å². The molecule has 0 spiro atoms. The summed E-state index contributed by atoms with van der Waals surface area (Å²) in [5, 5.41) is 2.62. The highest BCUT2D eigenvalue weighted by Crippen LogP contribution is 2.11. The number of amides is 1. The van der Waals surface area contributed by atoms with Crippen molar-refractivity contribution < 1.29 is 19.1 Å². The summed E-state index contributed by atoms with van der Waals surface area (Å²) in [4.78, 5) is 22.3. The molecule has 0 bridgehead atoms. The smallest absolute Gasteiger partial charge is 0.321 e. The first kappa shape index (κ1) is 14.5. The zero-order chi connectivity index (χ0) is 13.5. The van der Waals surface area contributed by atoms with Crippen LogP contribution in [0.25, 0.3) is 0 Å². The Bertz CT molecular complexity index is 419. The maximum absolute atomic E-state index is 11.7. The fraction of sp³-hybridized carbons (Fsp3) is 0.333. The third-order valence-electron chi connectivity index (χ3n) is 2.25. The fourth-order valence-electron chi connectivity index (χ4n) is 1.24. The summed E-state index contributed by atoms with van der Waals surface area (Å²) in [6, 6.07) is 6.69. The van der Waals surface area contributed by atoms with Gasteiger partial charge in [-0.1, -0.05) is 15.9 Å². The van der Waals surface area contributed by atoms with Gasteiger partial charge in [-0.2, -0.15) is 0 Å². The van der Waals surface area contributed by atoms with Crippen molar-refractivity contribution in [3.8, 4) is 5.75 Å². The molecule has 0 fully saturated rings. The molecule has 0 heterocycles. The topological polar surface area (TPSA) is 64.6 Å². The molecule has 1 atom stereocenters. The first-order valence-electron chi connectivity index (χ1n) is 5.22. The highest BCUT2D eigenvalue weighted by molar-refractivity contribution is 9.10. The van der Waals surface area contributed by atoms with Crippen molar-refractivity contribution in [1.29, 1.82) is 0 Å². The maximum atomic E-state index is 11.7. The molecule has 98 valence electrons. The Morgan fingerprint density at radius 2 is 1.89 bits per heavy atom. The molecular formula is C12H14BrNO4. The number of hydrogen-bond donors (Lipinski definition) is 1. The molecule has 0 aliphatic carbocycles. The van der Waals surface area contributed by atoms with Crippen LogP contribution in [0.5, 0.6) is 5.75 Å². The fourth-order valence-corrected chi connectivity index (χ4v) is 1.59. The minimum absolute atomic E-state index is 0.164. The molecule has 0 aromatic heterocycles. The maximum Gasteiger partial charge on any atom is 0.321 e. The summed E-state index contributed by atoms with van der Waals surface area (Å²) in [5.74, 6) is -0.00415. The average Bonchev–Trinajstić information content (AvgIpc) is 2.43. The molecule has 1 aromatic carbocycles. The molecular weight excluding hydrogens is 302 g/mol. The summed E-state index contributed by atoms with van der Waals surface area (Å²) >= 11 is 3.12. The lowest BCUT2D eigenvalue weighted by Gasteiger charge is -2.09. The summed E-state index contributed by atoms with van der Waals surface area (Å²) in [6.45, 7) is 0.164. The van der Waals surface area contributed by atoms with Crippen molar-refractivity contribution in [3.05, 3.63) is 29.8 Å². The average molecular weight is 316 g/mol. The van der Waals surface area contributed by atoms with Crippen molar-refractivity contribution in [2.24, 2.45) is 0 Å². The lowest BCUT2D eigenvalue weighted by molar-refractivity contribution is -0.139. The number of carbonyl (C=O) groups is 2. The number of methoxy groups -OCH3 is 2. The van der Waals surface area contributed by atoms with Gasteiger partial charge < -0.3 is 14.8 Å². The Balaban J connectivity index is 2.52. The zero-order valence-electron chi connectivity index (χ0n) is 10.1. The summed E-state index contributed by atoms with van der Waals surface area (Å²) in [6.07, 6.45) is 0. The van der Waals surface area contributed by atoms with Crippen LogP contribution in [0.2, 0.25) is 0 Å². The van der Waals surface area contributed by atoms with Crippen LogP contribution in [0, 0.1) is 0 Å². The minimum Gasteiger partial charge on any atom is -0.497 e. The van der Waals surface area contributed by atoms with E-state index in [1.54, 1.807) is 31.4 Å². The molecule has 1 rings (SSSR count). The van der Waals surface area contributed by atoms with E-state index in [4.69, 9.17) is 4.74 Å².